The predicted molar refractivity (Wildman–Crippen MR) is 125 cm³/mol. The van der Waals surface area contributed by atoms with E-state index in [0.29, 0.717) is 5.02 Å². The van der Waals surface area contributed by atoms with Crippen molar-refractivity contribution in [1.82, 2.24) is 9.80 Å². The Hall–Kier alpha value is -2.37. The third kappa shape index (κ3) is 5.46. The first-order chi connectivity index (χ1) is 15.1. The van der Waals surface area contributed by atoms with Crippen LogP contribution < -0.4 is 4.74 Å². The molecule has 0 aliphatic carbocycles. The highest BCUT2D eigenvalue weighted by molar-refractivity contribution is 6.30. The van der Waals surface area contributed by atoms with Crippen LogP contribution in [0.1, 0.15) is 28.8 Å². The van der Waals surface area contributed by atoms with Gasteiger partial charge in [0.15, 0.2) is 0 Å². The van der Waals surface area contributed by atoms with Gasteiger partial charge in [0, 0.05) is 37.7 Å². The summed E-state index contributed by atoms with van der Waals surface area (Å²) in [5, 5.41) is 12.0. The molecular formula is C26H29ClN2O2. The average molecular weight is 437 g/mol. The third-order valence-corrected chi connectivity index (χ3v) is 6.27. The van der Waals surface area contributed by atoms with Crippen LogP contribution in [0.5, 0.6) is 5.75 Å². The van der Waals surface area contributed by atoms with E-state index in [1.807, 2.05) is 54.6 Å². The summed E-state index contributed by atoms with van der Waals surface area (Å²) in [4.78, 5) is 4.87. The lowest BCUT2D eigenvalue weighted by Gasteiger charge is -2.41. The summed E-state index contributed by atoms with van der Waals surface area (Å²) in [5.74, 6) is 0.885. The molecule has 31 heavy (non-hydrogen) atoms. The van der Waals surface area contributed by atoms with Gasteiger partial charge in [-0.2, -0.15) is 0 Å². The van der Waals surface area contributed by atoms with Gasteiger partial charge in [0.1, 0.15) is 5.75 Å². The maximum atomic E-state index is 11.3. The normalized spacial score (nSPS) is 17.3. The fourth-order valence-corrected chi connectivity index (χ4v) is 4.40. The lowest BCUT2D eigenvalue weighted by atomic mass is 9.93. The molecule has 1 heterocycles. The Morgan fingerprint density at radius 2 is 1.48 bits per heavy atom. The van der Waals surface area contributed by atoms with Crippen molar-refractivity contribution in [3.8, 4) is 5.75 Å². The SMILES string of the molecule is COc1ccc(CN2CCN(C(c3ccccc3)C(O)c3ccc(Cl)cc3)CC2)cc1. The number of methoxy groups -OCH3 is 1. The highest BCUT2D eigenvalue weighted by Crippen LogP contribution is 2.35. The summed E-state index contributed by atoms with van der Waals surface area (Å²) < 4.78 is 5.26. The van der Waals surface area contributed by atoms with E-state index in [1.54, 1.807) is 7.11 Å². The zero-order valence-electron chi connectivity index (χ0n) is 17.8. The molecular weight excluding hydrogens is 408 g/mol. The predicted octanol–water partition coefficient (Wildman–Crippen LogP) is 4.94. The molecule has 1 saturated heterocycles. The van der Waals surface area contributed by atoms with Gasteiger partial charge >= 0.3 is 0 Å². The molecule has 0 amide bonds. The van der Waals surface area contributed by atoms with Crippen LogP contribution in [-0.2, 0) is 6.54 Å². The van der Waals surface area contributed by atoms with Crippen molar-refractivity contribution >= 4 is 11.6 Å². The summed E-state index contributed by atoms with van der Waals surface area (Å²) in [5.41, 5.74) is 3.31. The van der Waals surface area contributed by atoms with Gasteiger partial charge in [0.25, 0.3) is 0 Å². The molecule has 0 aromatic heterocycles. The van der Waals surface area contributed by atoms with Gasteiger partial charge in [0.2, 0.25) is 0 Å². The van der Waals surface area contributed by atoms with Crippen LogP contribution in [0.25, 0.3) is 0 Å². The maximum Gasteiger partial charge on any atom is 0.118 e. The molecule has 1 fully saturated rings. The Labute approximate surface area is 189 Å². The van der Waals surface area contributed by atoms with Crippen molar-refractivity contribution in [2.45, 2.75) is 18.7 Å². The summed E-state index contributed by atoms with van der Waals surface area (Å²) in [6.07, 6.45) is -0.618. The molecule has 1 N–H and O–H groups in total. The first-order valence-electron chi connectivity index (χ1n) is 10.7. The molecule has 0 spiro atoms. The van der Waals surface area contributed by atoms with E-state index in [-0.39, 0.29) is 6.04 Å². The van der Waals surface area contributed by atoms with Crippen molar-refractivity contribution in [2.24, 2.45) is 0 Å². The standard InChI is InChI=1S/C26H29ClN2O2/c1-31-24-13-7-20(8-14-24)19-28-15-17-29(18-16-28)25(21-5-3-2-4-6-21)26(30)22-9-11-23(27)12-10-22/h2-14,25-26,30H,15-19H2,1H3. The van der Waals surface area contributed by atoms with Gasteiger partial charge in [-0.05, 0) is 41.0 Å². The number of aliphatic hydroxyl groups is 1. The minimum Gasteiger partial charge on any atom is -0.497 e. The fourth-order valence-electron chi connectivity index (χ4n) is 4.27. The maximum absolute atomic E-state index is 11.3. The average Bonchev–Trinajstić information content (AvgIpc) is 2.82. The van der Waals surface area contributed by atoms with Crippen molar-refractivity contribution in [2.75, 3.05) is 33.3 Å². The van der Waals surface area contributed by atoms with Crippen LogP contribution in [0.3, 0.4) is 0 Å². The van der Waals surface area contributed by atoms with Crippen LogP contribution >= 0.6 is 11.6 Å². The lowest BCUT2D eigenvalue weighted by Crippen LogP contribution is -2.48. The molecule has 4 rings (SSSR count). The van der Waals surface area contributed by atoms with E-state index in [2.05, 4.69) is 34.1 Å². The Balaban J connectivity index is 1.46. The van der Waals surface area contributed by atoms with Gasteiger partial charge in [-0.3, -0.25) is 9.80 Å². The zero-order chi connectivity index (χ0) is 21.6. The second-order valence-corrected chi connectivity index (χ2v) is 8.45. The summed E-state index contributed by atoms with van der Waals surface area (Å²) >= 11 is 6.06. The summed E-state index contributed by atoms with van der Waals surface area (Å²) in [7, 11) is 1.69. The molecule has 5 heteroatoms. The molecule has 2 unspecified atom stereocenters. The molecule has 0 bridgehead atoms. The fraction of sp³-hybridized carbons (Fsp3) is 0.308. The number of rotatable bonds is 7. The van der Waals surface area contributed by atoms with Crippen LogP contribution in [-0.4, -0.2) is 48.2 Å². The highest BCUT2D eigenvalue weighted by atomic mass is 35.5. The second-order valence-electron chi connectivity index (χ2n) is 8.01. The highest BCUT2D eigenvalue weighted by Gasteiger charge is 2.31. The number of piperazine rings is 1. The first kappa shape index (κ1) is 21.8. The van der Waals surface area contributed by atoms with Gasteiger partial charge in [-0.1, -0.05) is 66.2 Å². The Morgan fingerprint density at radius 3 is 2.10 bits per heavy atom. The van der Waals surface area contributed by atoms with E-state index in [4.69, 9.17) is 16.3 Å². The van der Waals surface area contributed by atoms with Crippen LogP contribution in [0.4, 0.5) is 0 Å². The van der Waals surface area contributed by atoms with Gasteiger partial charge in [0.05, 0.1) is 19.3 Å². The first-order valence-corrected chi connectivity index (χ1v) is 11.1. The largest absolute Gasteiger partial charge is 0.497 e. The van der Waals surface area contributed by atoms with E-state index in [1.165, 1.54) is 5.56 Å². The zero-order valence-corrected chi connectivity index (χ0v) is 18.6. The molecule has 1 aliphatic rings. The monoisotopic (exact) mass is 436 g/mol. The van der Waals surface area contributed by atoms with E-state index in [0.717, 1.165) is 49.6 Å². The van der Waals surface area contributed by atoms with Crippen molar-refractivity contribution < 1.29 is 9.84 Å². The van der Waals surface area contributed by atoms with Gasteiger partial charge in [-0.15, -0.1) is 0 Å². The number of aliphatic hydroxyl groups excluding tert-OH is 1. The summed E-state index contributed by atoms with van der Waals surface area (Å²) in [6.45, 7) is 4.65. The quantitative estimate of drug-likeness (QED) is 0.569. The van der Waals surface area contributed by atoms with Crippen LogP contribution in [0, 0.1) is 0 Å². The number of hydrogen-bond donors (Lipinski definition) is 1. The Bertz CT molecular complexity index is 939. The molecule has 4 nitrogen and oxygen atoms in total. The number of ether oxygens (including phenoxy) is 1. The Morgan fingerprint density at radius 1 is 0.839 bits per heavy atom. The topological polar surface area (TPSA) is 35.9 Å². The number of halogens is 1. The molecule has 0 radical (unpaired) electrons. The minimum atomic E-state index is -0.618. The molecule has 0 saturated carbocycles. The lowest BCUT2D eigenvalue weighted by molar-refractivity contribution is 0.0149. The smallest absolute Gasteiger partial charge is 0.118 e. The number of hydrogen-bond acceptors (Lipinski definition) is 4. The number of benzene rings is 3. The molecule has 1 aliphatic heterocycles. The molecule has 162 valence electrons. The van der Waals surface area contributed by atoms with Gasteiger partial charge in [-0.25, -0.2) is 0 Å². The van der Waals surface area contributed by atoms with E-state index >= 15 is 0 Å². The van der Waals surface area contributed by atoms with Crippen molar-refractivity contribution in [3.05, 3.63) is 101 Å². The Kier molecular flexibility index (Phi) is 7.25. The van der Waals surface area contributed by atoms with Crippen LogP contribution in [0.2, 0.25) is 5.02 Å². The van der Waals surface area contributed by atoms with E-state index < -0.39 is 6.10 Å². The molecule has 3 aromatic carbocycles. The minimum absolute atomic E-state index is 0.0921. The van der Waals surface area contributed by atoms with Crippen LogP contribution in [0.15, 0.2) is 78.9 Å². The third-order valence-electron chi connectivity index (χ3n) is 6.02. The van der Waals surface area contributed by atoms with Crippen molar-refractivity contribution in [1.29, 1.82) is 0 Å². The molecule has 3 aromatic rings. The van der Waals surface area contributed by atoms with Gasteiger partial charge < -0.3 is 9.84 Å². The second kappa shape index (κ2) is 10.3. The molecule has 2 atom stereocenters. The van der Waals surface area contributed by atoms with Crippen molar-refractivity contribution in [3.63, 3.8) is 0 Å². The van der Waals surface area contributed by atoms with E-state index in [9.17, 15) is 5.11 Å². The number of nitrogens with zero attached hydrogens (tertiary/aromatic N) is 2. The summed E-state index contributed by atoms with van der Waals surface area (Å²) in [6, 6.07) is 26.0.